The Kier molecular flexibility index (Phi) is 5.16. The number of pyridine rings is 1. The quantitative estimate of drug-likeness (QED) is 0.854. The van der Waals surface area contributed by atoms with Crippen LogP contribution in [0.2, 0.25) is 0 Å². The van der Waals surface area contributed by atoms with Crippen LogP contribution in [0.4, 0.5) is 13.2 Å². The molecule has 1 N–H and O–H groups in total. The Bertz CT molecular complexity index is 689. The molecule has 0 unspecified atom stereocenters. The summed E-state index contributed by atoms with van der Waals surface area (Å²) in [7, 11) is 0. The van der Waals surface area contributed by atoms with E-state index in [0.717, 1.165) is 17.7 Å². The SMILES string of the molecule is O=C(O)CC[n+]1ccc(C=Cc2ccc(C(F)(F)F)cc2)cc1. The van der Waals surface area contributed by atoms with E-state index in [0.29, 0.717) is 12.1 Å². The standard InChI is InChI=1S/C17H14F3NO2/c18-17(19,20)15-5-3-13(4-6-15)1-2-14-7-10-21(11-8-14)12-9-16(22)23/h1-8,10-11H,9,12H2/p+1. The highest BCUT2D eigenvalue weighted by atomic mass is 19.4. The first-order chi connectivity index (χ1) is 10.8. The van der Waals surface area contributed by atoms with E-state index in [1.54, 1.807) is 29.1 Å². The van der Waals surface area contributed by atoms with Crippen LogP contribution in [0.25, 0.3) is 12.2 Å². The summed E-state index contributed by atoms with van der Waals surface area (Å²) in [4.78, 5) is 10.5. The van der Waals surface area contributed by atoms with Crippen molar-refractivity contribution in [2.45, 2.75) is 19.1 Å². The van der Waals surface area contributed by atoms with Gasteiger partial charge < -0.3 is 5.11 Å². The average Bonchev–Trinajstić information content (AvgIpc) is 2.51. The second kappa shape index (κ2) is 7.09. The largest absolute Gasteiger partial charge is 0.481 e. The monoisotopic (exact) mass is 322 g/mol. The van der Waals surface area contributed by atoms with E-state index >= 15 is 0 Å². The highest BCUT2D eigenvalue weighted by Gasteiger charge is 2.29. The third-order valence-corrected chi connectivity index (χ3v) is 3.21. The fourth-order valence-electron chi connectivity index (χ4n) is 1.93. The minimum Gasteiger partial charge on any atom is -0.481 e. The molecule has 0 fully saturated rings. The van der Waals surface area contributed by atoms with Gasteiger partial charge in [-0.3, -0.25) is 4.79 Å². The Labute approximate surface area is 131 Å². The molecule has 6 heteroatoms. The number of nitrogens with zero attached hydrogens (tertiary/aromatic N) is 1. The predicted octanol–water partition coefficient (Wildman–Crippen LogP) is 3.64. The Hall–Kier alpha value is -2.63. The molecule has 0 amide bonds. The van der Waals surface area contributed by atoms with Gasteiger partial charge in [-0.15, -0.1) is 0 Å². The Morgan fingerprint density at radius 2 is 1.52 bits per heavy atom. The van der Waals surface area contributed by atoms with Crippen molar-refractivity contribution in [2.75, 3.05) is 0 Å². The van der Waals surface area contributed by atoms with Crippen LogP contribution >= 0.6 is 0 Å². The van der Waals surface area contributed by atoms with E-state index in [4.69, 9.17) is 5.11 Å². The highest BCUT2D eigenvalue weighted by Crippen LogP contribution is 2.29. The lowest BCUT2D eigenvalue weighted by atomic mass is 10.1. The molecule has 120 valence electrons. The van der Waals surface area contributed by atoms with Crippen molar-refractivity contribution in [1.82, 2.24) is 0 Å². The van der Waals surface area contributed by atoms with Crippen molar-refractivity contribution < 1.29 is 27.6 Å². The van der Waals surface area contributed by atoms with Gasteiger partial charge in [-0.1, -0.05) is 24.3 Å². The normalized spacial score (nSPS) is 11.8. The minimum atomic E-state index is -4.33. The maximum atomic E-state index is 12.5. The average molecular weight is 322 g/mol. The van der Waals surface area contributed by atoms with E-state index in [-0.39, 0.29) is 6.42 Å². The molecule has 0 spiro atoms. The number of benzene rings is 1. The summed E-state index contributed by atoms with van der Waals surface area (Å²) in [5.41, 5.74) is 0.867. The number of alkyl halides is 3. The number of carboxylic acid groups (broad SMARTS) is 1. The van der Waals surface area contributed by atoms with Gasteiger partial charge in [0.05, 0.1) is 5.56 Å². The molecule has 0 bridgehead atoms. The number of aryl methyl sites for hydroxylation is 1. The highest BCUT2D eigenvalue weighted by molar-refractivity contribution is 5.69. The lowest BCUT2D eigenvalue weighted by molar-refractivity contribution is -0.696. The zero-order chi connectivity index (χ0) is 16.9. The first kappa shape index (κ1) is 16.7. The molecule has 0 saturated carbocycles. The number of hydrogen-bond donors (Lipinski definition) is 1. The number of aromatic nitrogens is 1. The van der Waals surface area contributed by atoms with Gasteiger partial charge in [0.15, 0.2) is 18.9 Å². The summed E-state index contributed by atoms with van der Waals surface area (Å²) in [6.07, 6.45) is 2.74. The first-order valence-corrected chi connectivity index (χ1v) is 6.91. The molecule has 1 heterocycles. The number of rotatable bonds is 5. The molecule has 2 aromatic rings. The van der Waals surface area contributed by atoms with Gasteiger partial charge in [0, 0.05) is 12.1 Å². The number of hydrogen-bond acceptors (Lipinski definition) is 1. The Morgan fingerprint density at radius 1 is 1.00 bits per heavy atom. The summed E-state index contributed by atoms with van der Waals surface area (Å²) in [5.74, 6) is -0.858. The van der Waals surface area contributed by atoms with Crippen LogP contribution in [0.1, 0.15) is 23.1 Å². The summed E-state index contributed by atoms with van der Waals surface area (Å²) in [5, 5.41) is 8.61. The van der Waals surface area contributed by atoms with Gasteiger partial charge in [0.25, 0.3) is 0 Å². The van der Waals surface area contributed by atoms with Crippen LogP contribution in [-0.4, -0.2) is 11.1 Å². The maximum Gasteiger partial charge on any atom is 0.416 e. The molecule has 2 rings (SSSR count). The summed E-state index contributed by atoms with van der Waals surface area (Å²) in [6, 6.07) is 8.53. The van der Waals surface area contributed by atoms with Crippen LogP contribution in [0.3, 0.4) is 0 Å². The molecule has 0 atom stereocenters. The molecule has 1 aromatic carbocycles. The predicted molar refractivity (Wildman–Crippen MR) is 79.3 cm³/mol. The van der Waals surface area contributed by atoms with Gasteiger partial charge in [-0.05, 0) is 23.3 Å². The smallest absolute Gasteiger partial charge is 0.416 e. The fourth-order valence-corrected chi connectivity index (χ4v) is 1.93. The zero-order valence-corrected chi connectivity index (χ0v) is 12.1. The van der Waals surface area contributed by atoms with Crippen molar-refractivity contribution in [1.29, 1.82) is 0 Å². The number of halogens is 3. The summed E-state index contributed by atoms with van der Waals surface area (Å²) < 4.78 is 39.1. The van der Waals surface area contributed by atoms with Gasteiger partial charge >= 0.3 is 12.1 Å². The van der Waals surface area contributed by atoms with Crippen LogP contribution in [0.5, 0.6) is 0 Å². The maximum absolute atomic E-state index is 12.5. The van der Waals surface area contributed by atoms with Crippen molar-refractivity contribution >= 4 is 18.1 Å². The van der Waals surface area contributed by atoms with Gasteiger partial charge in [0.2, 0.25) is 0 Å². The molecule has 0 radical (unpaired) electrons. The third kappa shape index (κ3) is 5.25. The minimum absolute atomic E-state index is 0.0470. The number of carbonyl (C=O) groups is 1. The lowest BCUT2D eigenvalue weighted by Gasteiger charge is -2.05. The molecule has 23 heavy (non-hydrogen) atoms. The van der Waals surface area contributed by atoms with E-state index in [1.807, 2.05) is 12.1 Å². The second-order valence-corrected chi connectivity index (χ2v) is 4.97. The molecule has 0 saturated heterocycles. The summed E-state index contributed by atoms with van der Waals surface area (Å²) in [6.45, 7) is 0.387. The fraction of sp³-hybridized carbons (Fsp3) is 0.176. The molecule has 0 aliphatic heterocycles. The molecule has 0 aliphatic carbocycles. The molecular formula is C17H15F3NO2+. The van der Waals surface area contributed by atoms with Crippen LogP contribution in [-0.2, 0) is 17.5 Å². The van der Waals surface area contributed by atoms with E-state index in [1.165, 1.54) is 12.1 Å². The van der Waals surface area contributed by atoms with Crippen molar-refractivity contribution in [3.8, 4) is 0 Å². The van der Waals surface area contributed by atoms with E-state index in [9.17, 15) is 18.0 Å². The third-order valence-electron chi connectivity index (χ3n) is 3.21. The van der Waals surface area contributed by atoms with Gasteiger partial charge in [-0.25, -0.2) is 4.57 Å². The zero-order valence-electron chi connectivity index (χ0n) is 12.1. The van der Waals surface area contributed by atoms with Crippen molar-refractivity contribution in [2.24, 2.45) is 0 Å². The second-order valence-electron chi connectivity index (χ2n) is 4.97. The van der Waals surface area contributed by atoms with Crippen LogP contribution in [0, 0.1) is 0 Å². The Morgan fingerprint density at radius 3 is 2.00 bits per heavy atom. The van der Waals surface area contributed by atoms with E-state index < -0.39 is 17.7 Å². The Balaban J connectivity index is 2.01. The first-order valence-electron chi connectivity index (χ1n) is 6.91. The van der Waals surface area contributed by atoms with Crippen molar-refractivity contribution in [3.63, 3.8) is 0 Å². The number of carboxylic acids is 1. The van der Waals surface area contributed by atoms with Gasteiger partial charge in [-0.2, -0.15) is 13.2 Å². The topological polar surface area (TPSA) is 41.2 Å². The molecule has 1 aromatic heterocycles. The van der Waals surface area contributed by atoms with Crippen molar-refractivity contribution in [3.05, 3.63) is 65.5 Å². The van der Waals surface area contributed by atoms with Gasteiger partial charge in [0.1, 0.15) is 6.42 Å². The van der Waals surface area contributed by atoms with E-state index in [2.05, 4.69) is 0 Å². The lowest BCUT2D eigenvalue weighted by Crippen LogP contribution is -2.33. The number of aliphatic carboxylic acids is 1. The molecule has 3 nitrogen and oxygen atoms in total. The molecular weight excluding hydrogens is 307 g/mol. The molecule has 0 aliphatic rings. The summed E-state index contributed by atoms with van der Waals surface area (Å²) >= 11 is 0. The van der Waals surface area contributed by atoms with Crippen LogP contribution < -0.4 is 4.57 Å². The van der Waals surface area contributed by atoms with Crippen LogP contribution in [0.15, 0.2) is 48.8 Å².